The number of hydrogen-bond acceptors (Lipinski definition) is 4. The summed E-state index contributed by atoms with van der Waals surface area (Å²) < 4.78 is 1.72. The Hall–Kier alpha value is -4.10. The molecule has 0 bridgehead atoms. The van der Waals surface area contributed by atoms with Crippen LogP contribution in [0.25, 0.3) is 0 Å². The first-order valence-electron chi connectivity index (χ1n) is 10.9. The summed E-state index contributed by atoms with van der Waals surface area (Å²) in [6.45, 7) is 0.752. The quantitative estimate of drug-likeness (QED) is 0.312. The predicted octanol–water partition coefficient (Wildman–Crippen LogP) is 3.90. The molecule has 5 N–H and O–H groups in total. The summed E-state index contributed by atoms with van der Waals surface area (Å²) in [5.41, 5.74) is 8.52. The number of anilines is 2. The Morgan fingerprint density at radius 1 is 0.879 bits per heavy atom. The number of nitrogens with zero attached hydrogens (tertiary/aromatic N) is 2. The normalized spacial score (nSPS) is 11.1. The van der Waals surface area contributed by atoms with Crippen molar-refractivity contribution in [3.8, 4) is 0 Å². The number of hydrogen-bond donors (Lipinski definition) is 4. The molecule has 0 fully saturated rings. The van der Waals surface area contributed by atoms with Crippen LogP contribution in [0, 0.1) is 0 Å². The van der Waals surface area contributed by atoms with Gasteiger partial charge in [0.2, 0.25) is 0 Å². The Balaban J connectivity index is 1.88. The summed E-state index contributed by atoms with van der Waals surface area (Å²) in [5.74, 6) is 0.675. The number of aromatic nitrogens is 2. The van der Waals surface area contributed by atoms with Crippen LogP contribution in [0.5, 0.6) is 0 Å². The SMILES string of the molecule is Cn1ncc(NC(=O)NCCN)c1NC(c1ccccc1)(c1ccccc1)c1ccccc1. The first-order chi connectivity index (χ1) is 16.1. The molecule has 3 aromatic carbocycles. The van der Waals surface area contributed by atoms with E-state index in [0.29, 0.717) is 24.6 Å². The minimum atomic E-state index is -0.734. The van der Waals surface area contributed by atoms with E-state index in [4.69, 9.17) is 5.73 Å². The number of aryl methyl sites for hydroxylation is 1. The largest absolute Gasteiger partial charge is 0.351 e. The summed E-state index contributed by atoms with van der Waals surface area (Å²) in [6, 6.07) is 30.5. The number of carbonyl (C=O) groups excluding carboxylic acids is 1. The average molecular weight is 441 g/mol. The number of carbonyl (C=O) groups is 1. The number of nitrogens with two attached hydrogens (primary N) is 1. The van der Waals surface area contributed by atoms with E-state index >= 15 is 0 Å². The first kappa shape index (κ1) is 22.1. The molecule has 2 amide bonds. The van der Waals surface area contributed by atoms with E-state index in [0.717, 1.165) is 16.7 Å². The van der Waals surface area contributed by atoms with Crippen molar-refractivity contribution >= 4 is 17.5 Å². The van der Waals surface area contributed by atoms with Gasteiger partial charge in [-0.25, -0.2) is 4.79 Å². The molecule has 1 aromatic heterocycles. The van der Waals surface area contributed by atoms with Crippen molar-refractivity contribution in [3.05, 3.63) is 114 Å². The molecule has 0 spiro atoms. The molecular weight excluding hydrogens is 412 g/mol. The fourth-order valence-electron chi connectivity index (χ4n) is 3.99. The molecule has 0 saturated carbocycles. The molecule has 168 valence electrons. The minimum Gasteiger partial charge on any atom is -0.351 e. The van der Waals surface area contributed by atoms with Crippen molar-refractivity contribution in [2.75, 3.05) is 23.7 Å². The average Bonchev–Trinajstić information content (AvgIpc) is 3.21. The van der Waals surface area contributed by atoms with Crippen LogP contribution in [-0.4, -0.2) is 28.9 Å². The molecule has 0 aliphatic rings. The lowest BCUT2D eigenvalue weighted by Crippen LogP contribution is -2.39. The Morgan fingerprint density at radius 2 is 1.36 bits per heavy atom. The highest BCUT2D eigenvalue weighted by atomic mass is 16.2. The molecular formula is C26H28N6O. The molecule has 0 aliphatic carbocycles. The molecule has 0 atom stereocenters. The number of amides is 2. The Morgan fingerprint density at radius 3 is 1.82 bits per heavy atom. The van der Waals surface area contributed by atoms with Gasteiger partial charge in [0.25, 0.3) is 0 Å². The highest BCUT2D eigenvalue weighted by Crippen LogP contribution is 2.41. The van der Waals surface area contributed by atoms with Crippen molar-refractivity contribution in [3.63, 3.8) is 0 Å². The van der Waals surface area contributed by atoms with E-state index in [1.807, 2.05) is 61.6 Å². The topological polar surface area (TPSA) is 97.0 Å². The maximum Gasteiger partial charge on any atom is 0.319 e. The lowest BCUT2D eigenvalue weighted by Gasteiger charge is -2.38. The monoisotopic (exact) mass is 440 g/mol. The van der Waals surface area contributed by atoms with Gasteiger partial charge < -0.3 is 21.7 Å². The van der Waals surface area contributed by atoms with Gasteiger partial charge in [-0.3, -0.25) is 4.68 Å². The van der Waals surface area contributed by atoms with E-state index in [1.54, 1.807) is 10.9 Å². The lowest BCUT2D eigenvalue weighted by molar-refractivity contribution is 0.252. The maximum atomic E-state index is 12.4. The molecule has 0 radical (unpaired) electrons. The maximum absolute atomic E-state index is 12.4. The van der Waals surface area contributed by atoms with E-state index in [9.17, 15) is 4.79 Å². The van der Waals surface area contributed by atoms with Crippen LogP contribution in [0.3, 0.4) is 0 Å². The van der Waals surface area contributed by atoms with Crippen LogP contribution in [-0.2, 0) is 12.6 Å². The highest BCUT2D eigenvalue weighted by Gasteiger charge is 2.37. The fourth-order valence-corrected chi connectivity index (χ4v) is 3.99. The van der Waals surface area contributed by atoms with Gasteiger partial charge in [0, 0.05) is 20.1 Å². The summed E-state index contributed by atoms with van der Waals surface area (Å²) >= 11 is 0. The second kappa shape index (κ2) is 10.0. The van der Waals surface area contributed by atoms with Crippen molar-refractivity contribution in [2.45, 2.75) is 5.54 Å². The molecule has 4 aromatic rings. The van der Waals surface area contributed by atoms with Crippen LogP contribution >= 0.6 is 0 Å². The molecule has 33 heavy (non-hydrogen) atoms. The second-order valence-electron chi connectivity index (χ2n) is 7.67. The zero-order valence-corrected chi connectivity index (χ0v) is 18.5. The van der Waals surface area contributed by atoms with Gasteiger partial charge in [-0.05, 0) is 16.7 Å². The van der Waals surface area contributed by atoms with E-state index < -0.39 is 5.54 Å². The molecule has 0 aliphatic heterocycles. The van der Waals surface area contributed by atoms with Crippen molar-refractivity contribution < 1.29 is 4.79 Å². The third-order valence-corrected chi connectivity index (χ3v) is 5.54. The molecule has 1 heterocycles. The van der Waals surface area contributed by atoms with E-state index in [-0.39, 0.29) is 6.03 Å². The van der Waals surface area contributed by atoms with E-state index in [1.165, 1.54) is 0 Å². The molecule has 0 unspecified atom stereocenters. The molecule has 4 rings (SSSR count). The second-order valence-corrected chi connectivity index (χ2v) is 7.67. The summed E-state index contributed by atoms with van der Waals surface area (Å²) in [6.07, 6.45) is 1.64. The van der Waals surface area contributed by atoms with Crippen molar-refractivity contribution in [1.82, 2.24) is 15.1 Å². The van der Waals surface area contributed by atoms with Crippen LogP contribution in [0.15, 0.2) is 97.2 Å². The van der Waals surface area contributed by atoms with E-state index in [2.05, 4.69) is 57.4 Å². The van der Waals surface area contributed by atoms with Gasteiger partial charge in [0.1, 0.15) is 17.0 Å². The number of benzene rings is 3. The summed E-state index contributed by atoms with van der Waals surface area (Å²) in [7, 11) is 1.84. The van der Waals surface area contributed by atoms with Gasteiger partial charge in [-0.15, -0.1) is 0 Å². The Bertz CT molecular complexity index is 1080. The third-order valence-electron chi connectivity index (χ3n) is 5.54. The zero-order valence-electron chi connectivity index (χ0n) is 18.5. The first-order valence-corrected chi connectivity index (χ1v) is 10.9. The van der Waals surface area contributed by atoms with Crippen LogP contribution in [0.4, 0.5) is 16.3 Å². The van der Waals surface area contributed by atoms with Crippen molar-refractivity contribution in [2.24, 2.45) is 12.8 Å². The summed E-state index contributed by atoms with van der Waals surface area (Å²) in [5, 5.41) is 13.8. The van der Waals surface area contributed by atoms with Gasteiger partial charge in [-0.1, -0.05) is 91.0 Å². The van der Waals surface area contributed by atoms with Gasteiger partial charge in [0.05, 0.1) is 6.20 Å². The Kier molecular flexibility index (Phi) is 6.71. The predicted molar refractivity (Wildman–Crippen MR) is 132 cm³/mol. The van der Waals surface area contributed by atoms with Gasteiger partial charge in [0.15, 0.2) is 0 Å². The number of urea groups is 1. The van der Waals surface area contributed by atoms with Crippen LogP contribution < -0.4 is 21.7 Å². The smallest absolute Gasteiger partial charge is 0.319 e. The highest BCUT2D eigenvalue weighted by molar-refractivity contribution is 5.92. The van der Waals surface area contributed by atoms with Gasteiger partial charge in [-0.2, -0.15) is 5.10 Å². The minimum absolute atomic E-state index is 0.332. The molecule has 0 saturated heterocycles. The lowest BCUT2D eigenvalue weighted by atomic mass is 9.77. The zero-order chi connectivity index (χ0) is 23.1. The summed E-state index contributed by atoms with van der Waals surface area (Å²) in [4.78, 5) is 12.4. The van der Waals surface area contributed by atoms with Gasteiger partial charge >= 0.3 is 6.03 Å². The molecule has 7 heteroatoms. The standard InChI is InChI=1S/C26H28N6O/c1-32-24(23(19-29-32)30-25(33)28-18-17-27)31-26(20-11-5-2-6-12-20,21-13-7-3-8-14-21)22-15-9-4-10-16-22/h2-16,19,31H,17-18,27H2,1H3,(H2,28,30,33). The van der Waals surface area contributed by atoms with Crippen LogP contribution in [0.1, 0.15) is 16.7 Å². The fraction of sp³-hybridized carbons (Fsp3) is 0.154. The number of nitrogens with one attached hydrogen (secondary N) is 3. The molecule has 7 nitrogen and oxygen atoms in total. The Labute approximate surface area is 193 Å². The van der Waals surface area contributed by atoms with Crippen LogP contribution in [0.2, 0.25) is 0 Å². The van der Waals surface area contributed by atoms with Crippen molar-refractivity contribution in [1.29, 1.82) is 0 Å². The number of rotatable bonds is 8. The third kappa shape index (κ3) is 4.58.